The summed E-state index contributed by atoms with van der Waals surface area (Å²) in [6.07, 6.45) is 0. The largest absolute Gasteiger partial charge is 0.490 e. The lowest BCUT2D eigenvalue weighted by Gasteiger charge is -2.50. The first kappa shape index (κ1) is 28.3. The molecule has 39 heavy (non-hydrogen) atoms. The molecule has 0 aliphatic carbocycles. The average Bonchev–Trinajstić information content (AvgIpc) is 3.36. The molecule has 0 radical (unpaired) electrons. The van der Waals surface area contributed by atoms with Crippen LogP contribution in [0.1, 0.15) is 19.5 Å². The van der Waals surface area contributed by atoms with Crippen LogP contribution < -0.4 is 26.8 Å². The first-order valence-corrected chi connectivity index (χ1v) is 13.3. The number of anilines is 2. The number of amides is 2. The minimum Gasteiger partial charge on any atom is -0.490 e. The van der Waals surface area contributed by atoms with E-state index in [1.807, 2.05) is 24.3 Å². The van der Waals surface area contributed by atoms with Crippen LogP contribution in [0.2, 0.25) is 0 Å². The molecule has 7 N–H and O–H groups in total. The van der Waals surface area contributed by atoms with E-state index in [1.165, 1.54) is 0 Å². The van der Waals surface area contributed by atoms with Gasteiger partial charge in [-0.15, -0.1) is 11.3 Å². The van der Waals surface area contributed by atoms with Gasteiger partial charge in [-0.1, -0.05) is 5.16 Å². The summed E-state index contributed by atoms with van der Waals surface area (Å²) in [5.41, 5.74) is 11.2. The van der Waals surface area contributed by atoms with Gasteiger partial charge in [0.25, 0.3) is 11.8 Å². The van der Waals surface area contributed by atoms with Gasteiger partial charge in [0.2, 0.25) is 0 Å². The Kier molecular flexibility index (Phi) is 9.03. The number of rotatable bonds is 13. The van der Waals surface area contributed by atoms with Crippen molar-refractivity contribution in [2.24, 2.45) is 10.9 Å². The van der Waals surface area contributed by atoms with Crippen LogP contribution in [0.4, 0.5) is 10.9 Å². The lowest BCUT2D eigenvalue weighted by molar-refractivity contribution is -0.214. The maximum Gasteiger partial charge on any atom is 0.276 e. The third-order valence-corrected chi connectivity index (χ3v) is 6.64. The number of oxime groups is 1. The van der Waals surface area contributed by atoms with Crippen LogP contribution in [0.25, 0.3) is 10.9 Å². The number of carbonyl (C=O) groups is 2. The number of aromatic nitrogens is 2. The summed E-state index contributed by atoms with van der Waals surface area (Å²) in [4.78, 5) is 39.4. The monoisotopic (exact) mass is 576 g/mol. The van der Waals surface area contributed by atoms with Crippen molar-refractivity contribution in [1.82, 2.24) is 20.3 Å². The highest BCUT2D eigenvalue weighted by Crippen LogP contribution is 2.33. The number of hydroxylamine groups is 2. The number of hydrogen-bond acceptors (Lipinski definition) is 14. The topological polar surface area (TPSA) is 200 Å². The van der Waals surface area contributed by atoms with Crippen molar-refractivity contribution in [1.29, 1.82) is 0 Å². The third kappa shape index (κ3) is 6.48. The van der Waals surface area contributed by atoms with Gasteiger partial charge < -0.3 is 36.2 Å². The zero-order valence-corrected chi connectivity index (χ0v) is 22.8. The number of nitrogen functional groups attached to an aromatic ring is 1. The van der Waals surface area contributed by atoms with Crippen molar-refractivity contribution >= 4 is 63.0 Å². The lowest BCUT2D eigenvalue weighted by atomic mass is 9.84. The molecule has 1 atom stereocenters. The number of β-lactam (4-membered cyclic amide) rings is 1. The van der Waals surface area contributed by atoms with E-state index in [9.17, 15) is 9.59 Å². The summed E-state index contributed by atoms with van der Waals surface area (Å²) in [5.74, 6) is 0.138. The van der Waals surface area contributed by atoms with E-state index in [2.05, 4.69) is 25.8 Å². The number of nitrogens with one attached hydrogen (secondary N) is 2. The molecule has 16 heteroatoms. The van der Waals surface area contributed by atoms with Gasteiger partial charge in [-0.2, -0.15) is 9.35 Å². The van der Waals surface area contributed by atoms with Crippen LogP contribution in [0.3, 0.4) is 0 Å². The summed E-state index contributed by atoms with van der Waals surface area (Å²) in [6, 6.07) is 8.38. The van der Waals surface area contributed by atoms with Crippen molar-refractivity contribution in [2.45, 2.75) is 25.4 Å². The summed E-state index contributed by atoms with van der Waals surface area (Å²) >= 11 is 1.17. The molecular weight excluding hydrogens is 548 g/mol. The third-order valence-electron chi connectivity index (χ3n) is 5.75. The van der Waals surface area contributed by atoms with E-state index in [-0.39, 0.29) is 42.1 Å². The van der Waals surface area contributed by atoms with Crippen LogP contribution in [0, 0.1) is 0 Å². The van der Waals surface area contributed by atoms with Crippen molar-refractivity contribution in [3.63, 3.8) is 0 Å². The molecular formula is C23H28N8O6S2. The van der Waals surface area contributed by atoms with Crippen molar-refractivity contribution < 1.29 is 28.0 Å². The smallest absolute Gasteiger partial charge is 0.276 e. The Bertz CT molecular complexity index is 1370. The normalized spacial score (nSPS) is 16.6. The number of thiazole rings is 1. The number of nitrogens with two attached hydrogens (primary N) is 2. The number of hydrogen-bond donors (Lipinski definition) is 5. The molecule has 1 aliphatic heterocycles. The number of pyridine rings is 1. The highest BCUT2D eigenvalue weighted by atomic mass is 32.2. The lowest BCUT2D eigenvalue weighted by Crippen LogP contribution is -2.76. The highest BCUT2D eigenvalue weighted by molar-refractivity contribution is 7.88. The SMILES string of the molecule is CC1(C)C(NC(=O)/C(=N\OCCOc2ccc3nc(NCCN)ccc3c2)c2csc(N)n2)C(=O)N1OSO. The molecule has 4 rings (SSSR count). The van der Waals surface area contributed by atoms with Crippen LogP contribution in [-0.2, 0) is 18.7 Å². The molecule has 3 heterocycles. The Morgan fingerprint density at radius 1 is 1.28 bits per heavy atom. The van der Waals surface area contributed by atoms with Crippen LogP contribution in [0.5, 0.6) is 5.75 Å². The summed E-state index contributed by atoms with van der Waals surface area (Å²) in [5, 5.41) is 13.4. The number of benzene rings is 1. The van der Waals surface area contributed by atoms with Crippen molar-refractivity contribution in [3.05, 3.63) is 41.4 Å². The highest BCUT2D eigenvalue weighted by Gasteiger charge is 2.57. The number of nitrogens with zero attached hydrogens (tertiary/aromatic N) is 4. The van der Waals surface area contributed by atoms with Crippen molar-refractivity contribution in [3.8, 4) is 5.75 Å². The molecule has 1 unspecified atom stereocenters. The van der Waals surface area contributed by atoms with Crippen LogP contribution in [-0.4, -0.2) is 75.0 Å². The minimum atomic E-state index is -0.920. The number of carbonyl (C=O) groups excluding carboxylic acids is 2. The fourth-order valence-corrected chi connectivity index (χ4v) is 4.64. The Hall–Kier alpha value is -3.70. The van der Waals surface area contributed by atoms with E-state index in [1.54, 1.807) is 25.3 Å². The quantitative estimate of drug-likeness (QED) is 0.0648. The second-order valence-corrected chi connectivity index (χ2v) is 9.99. The predicted octanol–water partition coefficient (Wildman–Crippen LogP) is 1.60. The van der Waals surface area contributed by atoms with E-state index < -0.39 is 23.4 Å². The van der Waals surface area contributed by atoms with E-state index in [4.69, 9.17) is 29.9 Å². The first-order chi connectivity index (χ1) is 18.7. The van der Waals surface area contributed by atoms with Gasteiger partial charge in [-0.05, 0) is 44.2 Å². The van der Waals surface area contributed by atoms with Gasteiger partial charge in [-0.3, -0.25) is 9.59 Å². The molecule has 3 aromatic rings. The molecule has 0 spiro atoms. The maximum atomic E-state index is 13.0. The Labute approximate surface area is 232 Å². The van der Waals surface area contributed by atoms with E-state index in [0.717, 1.165) is 33.1 Å². The molecule has 0 bridgehead atoms. The predicted molar refractivity (Wildman–Crippen MR) is 148 cm³/mol. The number of ether oxygens (including phenoxy) is 1. The maximum absolute atomic E-state index is 13.0. The molecule has 0 saturated carbocycles. The average molecular weight is 577 g/mol. The second kappa shape index (κ2) is 12.4. The summed E-state index contributed by atoms with van der Waals surface area (Å²) in [6.45, 7) is 4.66. The molecule has 2 amide bonds. The molecule has 208 valence electrons. The molecule has 1 aromatic carbocycles. The molecule has 1 fully saturated rings. The number of fused-ring (bicyclic) bond motifs is 1. The second-order valence-electron chi connectivity index (χ2n) is 8.80. The van der Waals surface area contributed by atoms with Gasteiger partial charge in [-0.25, -0.2) is 9.97 Å². The molecule has 2 aromatic heterocycles. The van der Waals surface area contributed by atoms with E-state index >= 15 is 0 Å². The van der Waals surface area contributed by atoms with Gasteiger partial charge in [0, 0.05) is 23.9 Å². The van der Waals surface area contributed by atoms with Crippen LogP contribution in [0.15, 0.2) is 40.9 Å². The standard InChI is InChI=1S/C23H28N8O6S2/c1-23(2)19(21(33)31(23)37-39-34)29-20(32)18(16-12-38-22(25)28-16)30-36-10-9-35-14-4-5-15-13(11-14)3-6-17(27-15)26-8-7-24/h3-6,11-12,19,34H,7-10,24H2,1-2H3,(H2,25,28)(H,26,27)(H,29,32)/b30-18-. The summed E-state index contributed by atoms with van der Waals surface area (Å²) < 4.78 is 19.5. The first-order valence-electron chi connectivity index (χ1n) is 11.8. The zero-order valence-electron chi connectivity index (χ0n) is 21.1. The zero-order chi connectivity index (χ0) is 28.0. The van der Waals surface area contributed by atoms with Gasteiger partial charge in [0.15, 0.2) is 29.8 Å². The fourth-order valence-electron chi connectivity index (χ4n) is 3.76. The van der Waals surface area contributed by atoms with Gasteiger partial charge >= 0.3 is 0 Å². The van der Waals surface area contributed by atoms with E-state index in [0.29, 0.717) is 18.8 Å². The van der Waals surface area contributed by atoms with Gasteiger partial charge in [0.1, 0.15) is 29.9 Å². The Morgan fingerprint density at radius 2 is 2.10 bits per heavy atom. The Balaban J connectivity index is 1.36. The fraction of sp³-hybridized carbons (Fsp3) is 0.348. The Morgan fingerprint density at radius 3 is 2.79 bits per heavy atom. The van der Waals surface area contributed by atoms with Crippen LogP contribution >= 0.6 is 23.7 Å². The summed E-state index contributed by atoms with van der Waals surface area (Å²) in [7, 11) is 0. The van der Waals surface area contributed by atoms with Gasteiger partial charge in [0.05, 0.1) is 11.1 Å². The minimum absolute atomic E-state index is 0.0256. The van der Waals surface area contributed by atoms with Crippen molar-refractivity contribution in [2.75, 3.05) is 37.4 Å². The molecule has 14 nitrogen and oxygen atoms in total. The molecule has 1 aliphatic rings. The molecule has 1 saturated heterocycles.